The number of rotatable bonds is 5. The Morgan fingerprint density at radius 1 is 0.833 bits per heavy atom. The molecular weight excluding hydrogens is 370 g/mol. The van der Waals surface area contributed by atoms with Gasteiger partial charge < -0.3 is 4.90 Å². The Kier molecular flexibility index (Phi) is 5.82. The summed E-state index contributed by atoms with van der Waals surface area (Å²) >= 11 is 0. The van der Waals surface area contributed by atoms with E-state index in [1.165, 1.54) is 50.3 Å². The molecule has 2 aliphatic heterocycles. The number of anilines is 1. The van der Waals surface area contributed by atoms with Crippen LogP contribution >= 0.6 is 0 Å². The fraction of sp³-hybridized carbons (Fsp3) is 0.400. The van der Waals surface area contributed by atoms with Gasteiger partial charge in [0.25, 0.3) is 0 Å². The molecule has 156 valence electrons. The molecule has 2 fully saturated rings. The van der Waals surface area contributed by atoms with E-state index >= 15 is 0 Å². The van der Waals surface area contributed by atoms with Crippen LogP contribution in [0, 0.1) is 0 Å². The monoisotopic (exact) mass is 401 g/mol. The summed E-state index contributed by atoms with van der Waals surface area (Å²) in [5, 5.41) is 4.37. The predicted molar refractivity (Wildman–Crippen MR) is 122 cm³/mol. The molecule has 0 amide bonds. The Morgan fingerprint density at radius 3 is 2.47 bits per heavy atom. The Bertz CT molecular complexity index is 916. The summed E-state index contributed by atoms with van der Waals surface area (Å²) in [6.45, 7) is 8.00. The van der Waals surface area contributed by atoms with Crippen molar-refractivity contribution in [3.8, 4) is 5.69 Å². The summed E-state index contributed by atoms with van der Waals surface area (Å²) in [5.41, 5.74) is 3.88. The van der Waals surface area contributed by atoms with Crippen molar-refractivity contribution >= 4 is 5.69 Å². The van der Waals surface area contributed by atoms with Gasteiger partial charge >= 0.3 is 0 Å². The highest BCUT2D eigenvalue weighted by atomic mass is 15.3. The average molecular weight is 402 g/mol. The van der Waals surface area contributed by atoms with Crippen LogP contribution in [0.5, 0.6) is 0 Å². The fourth-order valence-corrected chi connectivity index (χ4v) is 4.93. The van der Waals surface area contributed by atoms with Gasteiger partial charge in [-0.15, -0.1) is 0 Å². The molecule has 3 heterocycles. The van der Waals surface area contributed by atoms with E-state index in [-0.39, 0.29) is 0 Å². The van der Waals surface area contributed by atoms with Crippen LogP contribution in [0.1, 0.15) is 18.4 Å². The lowest BCUT2D eigenvalue weighted by Crippen LogP contribution is -2.55. The van der Waals surface area contributed by atoms with Gasteiger partial charge in [-0.3, -0.25) is 9.80 Å². The molecule has 5 nitrogen and oxygen atoms in total. The highest BCUT2D eigenvalue weighted by Gasteiger charge is 2.28. The zero-order valence-corrected chi connectivity index (χ0v) is 17.6. The van der Waals surface area contributed by atoms with Gasteiger partial charge in [-0.2, -0.15) is 5.10 Å². The zero-order chi connectivity index (χ0) is 20.2. The minimum Gasteiger partial charge on any atom is -0.369 e. The van der Waals surface area contributed by atoms with Crippen molar-refractivity contribution in [2.24, 2.45) is 0 Å². The normalized spacial score (nSPS) is 21.1. The Morgan fingerprint density at radius 2 is 1.67 bits per heavy atom. The fourth-order valence-electron chi connectivity index (χ4n) is 4.93. The molecule has 5 rings (SSSR count). The maximum Gasteiger partial charge on any atom is 0.0648 e. The van der Waals surface area contributed by atoms with Gasteiger partial charge in [0.15, 0.2) is 0 Å². The molecule has 0 unspecified atom stereocenters. The summed E-state index contributed by atoms with van der Waals surface area (Å²) < 4.78 is 1.94. The number of nitrogens with zero attached hydrogens (tertiary/aromatic N) is 5. The molecule has 0 bridgehead atoms. The highest BCUT2D eigenvalue weighted by molar-refractivity contribution is 5.46. The molecule has 5 heteroatoms. The van der Waals surface area contributed by atoms with E-state index in [1.807, 2.05) is 23.1 Å². The van der Waals surface area contributed by atoms with Crippen LogP contribution < -0.4 is 4.90 Å². The molecular formula is C25H31N5. The van der Waals surface area contributed by atoms with Crippen LogP contribution in [-0.2, 0) is 6.54 Å². The minimum absolute atomic E-state index is 0.686. The van der Waals surface area contributed by atoms with Crippen molar-refractivity contribution in [1.29, 1.82) is 0 Å². The maximum atomic E-state index is 4.37. The number of benzene rings is 2. The molecule has 1 aromatic heterocycles. The predicted octanol–water partition coefficient (Wildman–Crippen LogP) is 3.66. The molecule has 1 atom stereocenters. The van der Waals surface area contributed by atoms with Crippen LogP contribution in [0.25, 0.3) is 5.69 Å². The number of piperazine rings is 1. The summed E-state index contributed by atoms with van der Waals surface area (Å²) in [7, 11) is 0. The molecule has 0 radical (unpaired) electrons. The van der Waals surface area contributed by atoms with E-state index in [1.54, 1.807) is 0 Å². The Balaban J connectivity index is 1.17. The third-order valence-electron chi connectivity index (χ3n) is 6.52. The Hall–Kier alpha value is -2.63. The second-order valence-electron chi connectivity index (χ2n) is 8.51. The van der Waals surface area contributed by atoms with E-state index in [4.69, 9.17) is 0 Å². The van der Waals surface area contributed by atoms with E-state index in [0.29, 0.717) is 6.04 Å². The van der Waals surface area contributed by atoms with Gasteiger partial charge in [0, 0.05) is 63.4 Å². The molecule has 3 aromatic rings. The molecule has 0 saturated carbocycles. The number of aromatic nitrogens is 2. The van der Waals surface area contributed by atoms with E-state index in [2.05, 4.69) is 74.4 Å². The summed E-state index contributed by atoms with van der Waals surface area (Å²) in [6.07, 6.45) is 6.46. The largest absolute Gasteiger partial charge is 0.369 e. The molecule has 0 spiro atoms. The molecule has 2 aliphatic rings. The first-order chi connectivity index (χ1) is 14.8. The standard InChI is InChI=1S/C25H31N5/c1-2-8-23(9-3-1)28-15-17-29(18-16-28)25-11-5-13-27(21-25)20-22-7-4-10-24(19-22)30-14-6-12-26-30/h1-4,6-10,12,14,19,25H,5,11,13,15-18,20-21H2/t25-/m1/s1. The molecule has 0 aliphatic carbocycles. The lowest BCUT2D eigenvalue weighted by atomic mass is 10.0. The van der Waals surface area contributed by atoms with E-state index in [0.717, 1.165) is 25.3 Å². The smallest absolute Gasteiger partial charge is 0.0648 e. The van der Waals surface area contributed by atoms with Gasteiger partial charge in [0.2, 0.25) is 0 Å². The quantitative estimate of drug-likeness (QED) is 0.652. The van der Waals surface area contributed by atoms with Crippen LogP contribution in [0.2, 0.25) is 0 Å². The molecule has 0 N–H and O–H groups in total. The number of hydrogen-bond acceptors (Lipinski definition) is 4. The summed E-state index contributed by atoms with van der Waals surface area (Å²) in [5.74, 6) is 0. The van der Waals surface area contributed by atoms with Gasteiger partial charge in [0.05, 0.1) is 5.69 Å². The van der Waals surface area contributed by atoms with E-state index in [9.17, 15) is 0 Å². The van der Waals surface area contributed by atoms with Gasteiger partial charge in [-0.25, -0.2) is 4.68 Å². The van der Waals surface area contributed by atoms with Gasteiger partial charge in [-0.05, 0) is 55.3 Å². The minimum atomic E-state index is 0.686. The highest BCUT2D eigenvalue weighted by Crippen LogP contribution is 2.22. The van der Waals surface area contributed by atoms with Crippen molar-refractivity contribution in [1.82, 2.24) is 19.6 Å². The summed E-state index contributed by atoms with van der Waals surface area (Å²) in [4.78, 5) is 7.89. The number of piperidine rings is 1. The second kappa shape index (κ2) is 9.02. The first-order valence-corrected chi connectivity index (χ1v) is 11.2. The first-order valence-electron chi connectivity index (χ1n) is 11.2. The van der Waals surface area contributed by atoms with Crippen molar-refractivity contribution in [2.75, 3.05) is 44.2 Å². The van der Waals surface area contributed by atoms with Crippen LogP contribution in [0.3, 0.4) is 0 Å². The number of likely N-dealkylation sites (tertiary alicyclic amines) is 1. The van der Waals surface area contributed by atoms with Gasteiger partial charge in [0.1, 0.15) is 0 Å². The number of para-hydroxylation sites is 1. The van der Waals surface area contributed by atoms with Crippen molar-refractivity contribution < 1.29 is 0 Å². The van der Waals surface area contributed by atoms with Crippen LogP contribution in [0.15, 0.2) is 73.1 Å². The summed E-state index contributed by atoms with van der Waals surface area (Å²) in [6, 6.07) is 22.3. The first kappa shape index (κ1) is 19.3. The second-order valence-corrected chi connectivity index (χ2v) is 8.51. The molecule has 2 aromatic carbocycles. The van der Waals surface area contributed by atoms with Crippen LogP contribution in [0.4, 0.5) is 5.69 Å². The average Bonchev–Trinajstić information content (AvgIpc) is 3.35. The number of hydrogen-bond donors (Lipinski definition) is 0. The molecule has 2 saturated heterocycles. The van der Waals surface area contributed by atoms with Crippen molar-refractivity contribution in [3.05, 3.63) is 78.6 Å². The maximum absolute atomic E-state index is 4.37. The van der Waals surface area contributed by atoms with E-state index < -0.39 is 0 Å². The van der Waals surface area contributed by atoms with Crippen molar-refractivity contribution in [3.63, 3.8) is 0 Å². The molecule has 30 heavy (non-hydrogen) atoms. The van der Waals surface area contributed by atoms with Crippen molar-refractivity contribution in [2.45, 2.75) is 25.4 Å². The lowest BCUT2D eigenvalue weighted by molar-refractivity contribution is 0.0888. The van der Waals surface area contributed by atoms with Crippen LogP contribution in [-0.4, -0.2) is 64.9 Å². The topological polar surface area (TPSA) is 27.5 Å². The Labute approximate surface area is 179 Å². The third kappa shape index (κ3) is 4.42. The zero-order valence-electron chi connectivity index (χ0n) is 17.6. The van der Waals surface area contributed by atoms with Gasteiger partial charge in [-0.1, -0.05) is 30.3 Å². The SMILES string of the molecule is c1ccc(N2CCN([C@@H]3CCCN(Cc4cccc(-n5cccn5)c4)C3)CC2)cc1. The lowest BCUT2D eigenvalue weighted by Gasteiger charge is -2.44. The third-order valence-corrected chi connectivity index (χ3v) is 6.52.